The van der Waals surface area contributed by atoms with Crippen LogP contribution in [0.25, 0.3) is 6.08 Å². The predicted molar refractivity (Wildman–Crippen MR) is 101 cm³/mol. The van der Waals surface area contributed by atoms with E-state index in [1.165, 1.54) is 9.71 Å². The van der Waals surface area contributed by atoms with Crippen molar-refractivity contribution < 1.29 is 17.6 Å². The van der Waals surface area contributed by atoms with E-state index < -0.39 is 10.0 Å². The Hall–Kier alpha value is -2.52. The van der Waals surface area contributed by atoms with E-state index in [2.05, 4.69) is 15.5 Å². The summed E-state index contributed by atoms with van der Waals surface area (Å²) in [4.78, 5) is 12.3. The number of aryl methyl sites for hydroxylation is 2. The van der Waals surface area contributed by atoms with Crippen LogP contribution in [0.15, 0.2) is 34.1 Å². The van der Waals surface area contributed by atoms with Gasteiger partial charge in [-0.25, -0.2) is 8.42 Å². The Morgan fingerprint density at radius 1 is 1.19 bits per heavy atom. The molecule has 0 saturated carbocycles. The maximum absolute atomic E-state index is 12.5. The maximum Gasteiger partial charge on any atom is 0.322 e. The number of nitrogens with zero attached hydrogens (tertiary/aromatic N) is 3. The van der Waals surface area contributed by atoms with E-state index >= 15 is 0 Å². The number of carbonyl (C=O) groups is 1. The molecule has 2 heterocycles. The van der Waals surface area contributed by atoms with Gasteiger partial charge in [0.05, 0.1) is 0 Å². The first-order valence-electron chi connectivity index (χ1n) is 8.69. The van der Waals surface area contributed by atoms with Crippen molar-refractivity contribution >= 4 is 28.0 Å². The highest BCUT2D eigenvalue weighted by molar-refractivity contribution is 7.92. The first-order valence-corrected chi connectivity index (χ1v) is 10.2. The highest BCUT2D eigenvalue weighted by atomic mass is 32.2. The van der Waals surface area contributed by atoms with Crippen LogP contribution in [0.3, 0.4) is 0 Å². The number of anilines is 1. The van der Waals surface area contributed by atoms with Crippen molar-refractivity contribution in [2.45, 2.75) is 26.7 Å². The number of amides is 1. The van der Waals surface area contributed by atoms with E-state index in [4.69, 9.17) is 4.42 Å². The lowest BCUT2D eigenvalue weighted by molar-refractivity contribution is -0.121. The Labute approximate surface area is 158 Å². The number of sulfonamides is 1. The summed E-state index contributed by atoms with van der Waals surface area (Å²) in [7, 11) is -3.52. The average Bonchev–Trinajstić information content (AvgIpc) is 3.06. The molecule has 1 aliphatic heterocycles. The Morgan fingerprint density at radius 3 is 2.44 bits per heavy atom. The van der Waals surface area contributed by atoms with E-state index in [-0.39, 0.29) is 17.8 Å². The Balaban J connectivity index is 1.55. The van der Waals surface area contributed by atoms with Crippen LogP contribution in [0.5, 0.6) is 0 Å². The monoisotopic (exact) mass is 390 g/mol. The van der Waals surface area contributed by atoms with E-state index in [0.717, 1.165) is 11.1 Å². The molecule has 0 bridgehead atoms. The molecule has 2 aromatic rings. The minimum atomic E-state index is -3.52. The number of rotatable bonds is 5. The van der Waals surface area contributed by atoms with E-state index in [0.29, 0.717) is 31.8 Å². The van der Waals surface area contributed by atoms with E-state index in [9.17, 15) is 13.2 Å². The fourth-order valence-electron chi connectivity index (χ4n) is 2.86. The third kappa shape index (κ3) is 5.01. The van der Waals surface area contributed by atoms with Gasteiger partial charge in [-0.3, -0.25) is 10.1 Å². The second-order valence-electron chi connectivity index (χ2n) is 6.55. The van der Waals surface area contributed by atoms with Gasteiger partial charge in [-0.05, 0) is 31.4 Å². The van der Waals surface area contributed by atoms with Gasteiger partial charge in [0, 0.05) is 31.3 Å². The van der Waals surface area contributed by atoms with Crippen molar-refractivity contribution in [2.75, 3.05) is 18.4 Å². The lowest BCUT2D eigenvalue weighted by Gasteiger charge is -2.29. The molecule has 0 unspecified atom stereocenters. The van der Waals surface area contributed by atoms with Gasteiger partial charge in [-0.2, -0.15) is 4.31 Å². The van der Waals surface area contributed by atoms with E-state index in [1.807, 2.05) is 31.2 Å². The fraction of sp³-hybridized carbons (Fsp3) is 0.389. The zero-order chi connectivity index (χ0) is 19.4. The maximum atomic E-state index is 12.5. The number of nitrogens with one attached hydrogen (secondary N) is 1. The molecule has 1 aliphatic rings. The molecule has 0 radical (unpaired) electrons. The normalized spacial score (nSPS) is 16.7. The molecule has 1 fully saturated rings. The molecule has 0 atom stereocenters. The van der Waals surface area contributed by atoms with Crippen molar-refractivity contribution in [1.82, 2.24) is 14.5 Å². The van der Waals surface area contributed by atoms with Gasteiger partial charge in [-0.15, -0.1) is 5.10 Å². The topological polar surface area (TPSA) is 105 Å². The first kappa shape index (κ1) is 19.2. The van der Waals surface area contributed by atoms with Crippen molar-refractivity contribution in [2.24, 2.45) is 5.92 Å². The summed E-state index contributed by atoms with van der Waals surface area (Å²) >= 11 is 0. The van der Waals surface area contributed by atoms with Crippen molar-refractivity contribution in [3.63, 3.8) is 0 Å². The fourth-order valence-corrected chi connectivity index (χ4v) is 4.08. The zero-order valence-electron chi connectivity index (χ0n) is 15.3. The Morgan fingerprint density at radius 2 is 1.85 bits per heavy atom. The summed E-state index contributed by atoms with van der Waals surface area (Å²) in [6, 6.07) is 7.67. The van der Waals surface area contributed by atoms with Crippen molar-refractivity contribution in [3.05, 3.63) is 46.7 Å². The minimum absolute atomic E-state index is 0.0635. The minimum Gasteiger partial charge on any atom is -0.408 e. The van der Waals surface area contributed by atoms with Crippen LogP contribution in [0.4, 0.5) is 6.01 Å². The van der Waals surface area contributed by atoms with E-state index in [1.54, 1.807) is 13.0 Å². The van der Waals surface area contributed by atoms with Gasteiger partial charge < -0.3 is 4.42 Å². The summed E-state index contributed by atoms with van der Waals surface area (Å²) in [6.07, 6.45) is 2.47. The first-order chi connectivity index (χ1) is 12.8. The van der Waals surface area contributed by atoms with Gasteiger partial charge in [0.2, 0.25) is 21.8 Å². The lowest BCUT2D eigenvalue weighted by Crippen LogP contribution is -2.40. The number of aromatic nitrogens is 2. The molecule has 3 rings (SSSR count). The summed E-state index contributed by atoms with van der Waals surface area (Å²) in [5.41, 5.74) is 1.94. The Kier molecular flexibility index (Phi) is 5.71. The summed E-state index contributed by atoms with van der Waals surface area (Å²) in [6.45, 7) is 4.20. The van der Waals surface area contributed by atoms with Crippen LogP contribution in [0, 0.1) is 19.8 Å². The van der Waals surface area contributed by atoms with Crippen LogP contribution in [0.1, 0.15) is 29.9 Å². The van der Waals surface area contributed by atoms with Crippen LogP contribution in [-0.2, 0) is 14.8 Å². The second kappa shape index (κ2) is 8.01. The SMILES string of the molecule is Cc1ccc(C=CS(=O)(=O)N2CCC(C(=O)Nc3nnc(C)o3)CC2)cc1. The van der Waals surface area contributed by atoms with Crippen LogP contribution < -0.4 is 5.32 Å². The van der Waals surface area contributed by atoms with Crippen molar-refractivity contribution in [3.8, 4) is 0 Å². The molecule has 9 heteroatoms. The highest BCUT2D eigenvalue weighted by Crippen LogP contribution is 2.22. The quantitative estimate of drug-likeness (QED) is 0.840. The molecule has 144 valence electrons. The zero-order valence-corrected chi connectivity index (χ0v) is 16.1. The number of benzene rings is 1. The molecule has 1 N–H and O–H groups in total. The number of piperidine rings is 1. The summed E-state index contributed by atoms with van der Waals surface area (Å²) < 4.78 is 31.5. The highest BCUT2D eigenvalue weighted by Gasteiger charge is 2.30. The van der Waals surface area contributed by atoms with Crippen LogP contribution >= 0.6 is 0 Å². The molecule has 0 aliphatic carbocycles. The summed E-state index contributed by atoms with van der Waals surface area (Å²) in [5, 5.41) is 11.2. The number of hydrogen-bond acceptors (Lipinski definition) is 6. The van der Waals surface area contributed by atoms with Gasteiger partial charge in [0.1, 0.15) is 0 Å². The van der Waals surface area contributed by atoms with Gasteiger partial charge in [0.25, 0.3) is 0 Å². The molecule has 1 aromatic heterocycles. The smallest absolute Gasteiger partial charge is 0.322 e. The number of hydrogen-bond donors (Lipinski definition) is 1. The second-order valence-corrected chi connectivity index (χ2v) is 8.37. The average molecular weight is 390 g/mol. The molecule has 0 spiro atoms. The molecule has 8 nitrogen and oxygen atoms in total. The van der Waals surface area contributed by atoms with Crippen LogP contribution in [-0.4, -0.2) is 41.9 Å². The third-order valence-electron chi connectivity index (χ3n) is 4.45. The molecule has 1 amide bonds. The molecular formula is C18H22N4O4S. The van der Waals surface area contributed by atoms with Crippen LogP contribution in [0.2, 0.25) is 0 Å². The summed E-state index contributed by atoms with van der Waals surface area (Å²) in [5.74, 6) is -0.151. The standard InChI is InChI=1S/C18H22N4O4S/c1-13-3-5-15(6-4-13)9-12-27(24,25)22-10-7-16(8-11-22)17(23)19-18-21-20-14(2)26-18/h3-6,9,12,16H,7-8,10-11H2,1-2H3,(H,19,21,23). The van der Waals surface area contributed by atoms with Gasteiger partial charge in [-0.1, -0.05) is 34.9 Å². The lowest BCUT2D eigenvalue weighted by atomic mass is 9.97. The largest absolute Gasteiger partial charge is 0.408 e. The van der Waals surface area contributed by atoms with Crippen molar-refractivity contribution in [1.29, 1.82) is 0 Å². The third-order valence-corrected chi connectivity index (χ3v) is 6.02. The molecule has 1 saturated heterocycles. The molecule has 1 aromatic carbocycles. The van der Waals surface area contributed by atoms with Gasteiger partial charge >= 0.3 is 6.01 Å². The number of carbonyl (C=O) groups excluding carboxylic acids is 1. The predicted octanol–water partition coefficient (Wildman–Crippen LogP) is 2.34. The molecular weight excluding hydrogens is 368 g/mol. The Bertz CT molecular complexity index is 927. The van der Waals surface area contributed by atoms with Gasteiger partial charge in [0.15, 0.2) is 0 Å². The molecule has 27 heavy (non-hydrogen) atoms.